The number of hydrogen-bond acceptors (Lipinski definition) is 51. The quantitative estimate of drug-likeness (QED) is 0.0318. The van der Waals surface area contributed by atoms with E-state index in [4.69, 9.17) is 90.0 Å². The van der Waals surface area contributed by atoms with Crippen LogP contribution in [-0.2, 0) is 99.6 Å². The number of nitrogens with one attached hydrogen (secondary N) is 2. The molecule has 53 nitrogen and oxygen atoms in total. The fourth-order valence-electron chi connectivity index (χ4n) is 15.0. The third-order valence-corrected chi connectivity index (χ3v) is 21.7. The minimum atomic E-state index is -2.64. The first-order valence-corrected chi connectivity index (χ1v) is 37.2. The molecule has 32 N–H and O–H groups in total. The summed E-state index contributed by atoms with van der Waals surface area (Å²) in [7, 11) is 0. The van der Waals surface area contributed by atoms with Crippen molar-refractivity contribution in [3.05, 3.63) is 0 Å². The summed E-state index contributed by atoms with van der Waals surface area (Å²) in [6.07, 6.45) is -104. The average Bonchev–Trinajstić information content (AvgIpc) is 0.779. The number of ether oxygens (including phenoxy) is 19. The second kappa shape index (κ2) is 41.9. The zero-order valence-electron chi connectivity index (χ0n) is 61.9. The van der Waals surface area contributed by atoms with Crippen LogP contribution in [-0.4, -0.2) is 538 Å². The van der Waals surface area contributed by atoms with E-state index >= 15 is 0 Å². The molecule has 0 aliphatic carbocycles. The van der Waals surface area contributed by atoms with Gasteiger partial charge in [0, 0.05) is 13.8 Å². The van der Waals surface area contributed by atoms with Gasteiger partial charge in [0.15, 0.2) is 62.9 Å². The van der Waals surface area contributed by atoms with E-state index in [1.54, 1.807) is 0 Å². The molecule has 2 amide bonds. The van der Waals surface area contributed by atoms with Gasteiger partial charge >= 0.3 is 0 Å². The van der Waals surface area contributed by atoms with Crippen molar-refractivity contribution in [3.63, 3.8) is 0 Å². The highest BCUT2D eigenvalue weighted by Crippen LogP contribution is 2.41. The third kappa shape index (κ3) is 20.7. The summed E-state index contributed by atoms with van der Waals surface area (Å²) in [6.45, 7) is -9.30. The van der Waals surface area contributed by atoms with Gasteiger partial charge in [0.25, 0.3) is 0 Å². The molecule has 117 heavy (non-hydrogen) atoms. The van der Waals surface area contributed by atoms with Gasteiger partial charge in [0.2, 0.25) is 11.8 Å². The molecule has 0 unspecified atom stereocenters. The maximum Gasteiger partial charge on any atom is 0.217 e. The predicted molar refractivity (Wildman–Crippen MR) is 353 cm³/mol. The lowest BCUT2D eigenvalue weighted by molar-refractivity contribution is -0.408. The molecule has 0 spiro atoms. The molecule has 53 heteroatoms. The molecule has 0 radical (unpaired) electrons. The van der Waals surface area contributed by atoms with E-state index in [-0.39, 0.29) is 0 Å². The number of aliphatic hydroxyl groups excluding tert-OH is 30. The van der Waals surface area contributed by atoms with Crippen LogP contribution in [0.3, 0.4) is 0 Å². The second-order valence-corrected chi connectivity index (χ2v) is 29.5. The molecule has 10 rings (SSSR count). The number of carbonyl (C=O) groups is 2. The van der Waals surface area contributed by atoms with Crippen LogP contribution in [0.15, 0.2) is 0 Å². The van der Waals surface area contributed by atoms with Crippen molar-refractivity contribution in [3.8, 4) is 0 Å². The Morgan fingerprint density at radius 3 is 0.829 bits per heavy atom. The smallest absolute Gasteiger partial charge is 0.217 e. The first-order valence-electron chi connectivity index (χ1n) is 37.2. The lowest BCUT2D eigenvalue weighted by Crippen LogP contribution is -2.70. The van der Waals surface area contributed by atoms with Gasteiger partial charge in [-0.2, -0.15) is 0 Å². The molecule has 10 heterocycles. The van der Waals surface area contributed by atoms with E-state index in [1.807, 2.05) is 0 Å². The van der Waals surface area contributed by atoms with Crippen molar-refractivity contribution in [1.29, 1.82) is 0 Å². The Morgan fingerprint density at radius 2 is 0.462 bits per heavy atom. The first kappa shape index (κ1) is 96.2. The van der Waals surface area contributed by atoms with E-state index in [9.17, 15) is 163 Å². The van der Waals surface area contributed by atoms with E-state index in [0.29, 0.717) is 0 Å². The summed E-state index contributed by atoms with van der Waals surface area (Å²) in [5.41, 5.74) is 0. The average molecular weight is 1720 g/mol. The Morgan fingerprint density at radius 1 is 0.222 bits per heavy atom. The van der Waals surface area contributed by atoms with Gasteiger partial charge in [-0.05, 0) is 0 Å². The maximum absolute atomic E-state index is 13.0. The molecule has 0 aromatic carbocycles. The van der Waals surface area contributed by atoms with Gasteiger partial charge in [-0.25, -0.2) is 0 Å². The standard InChI is InChI=1S/C64H108N2O51/c1-13(75)65-25-35(85)48(21(9-73)101-55(25)98)111-56-26(66-14(2)76)36(86)49(22(10-74)108-56)112-61-47(97)51(114-63-54(42(92)32(82)19(7-71)106-63)117-64-53(41(91)31(81)20(8-72)107-64)116-60-45(95)39(89)29(79)17(5-69)104-60)34(84)24(110-61)12-100-58-46(96)50(33(83)23(109-58)11-99-57-43(93)37(87)27(77)15(3-67)102-57)113-62-52(40(90)30(80)18(6-70)105-62)115-59-44(94)38(88)28(78)16(4-68)103-59/h15-64,67-74,77-98H,3-12H2,1-2H3,(H,65,75)(H,66,76)/t15-,16-,17-,18-,19-,20-,21-,22-,23-,24-,25-,26-,27-,28-,29-,30-,31-,32-,33-,34-,35-,36-,37+,38+,39+,40+,41+,42+,43+,44+,45+,46+,47+,48-,49-,50+,51+,52+,53+,54+,55-,56+,57+,58+,59-,60-,61+,62-,63-,64-/m1/s1. The number of carbonyl (C=O) groups excluding carboxylic acids is 2. The van der Waals surface area contributed by atoms with Gasteiger partial charge < -0.3 is 254 Å². The lowest BCUT2D eigenvalue weighted by Gasteiger charge is -2.51. The summed E-state index contributed by atoms with van der Waals surface area (Å²) >= 11 is 0. The van der Waals surface area contributed by atoms with Crippen molar-refractivity contribution in [1.82, 2.24) is 10.6 Å². The van der Waals surface area contributed by atoms with Gasteiger partial charge in [-0.3, -0.25) is 9.59 Å². The SMILES string of the molecule is CC(=O)N[C@@H]1[C@@H](O)[C@H](O[C@@H]2O[C@H](CO)[C@@H](O[C@@H]3O[C@H](CO[C@H]4O[C@H](CO[C@H]5O[C@H](CO)[C@@H](O)[C@H](O)[C@@H]5O)[C@@H](O)[C@H](O[C@H]5O[C@H](CO)[C@@H](O)[C@H](O)[C@@H]5O[C@H]5O[C@H](CO)[C@@H](O)[C@H](O)[C@@H]5O)[C@@H]4O)[C@@H](O)[C@H](O[C@H]4O[C@H](CO)[C@@H](O)[C@H](O)[C@@H]4O[C@H]4O[C@H](CO)[C@@H](O)[C@H](O)[C@@H]4O[C@H]4O[C@H](CO)[C@@H](O)[C@H](O)[C@@H]4O)[C@@H]3O)[C@H](O)[C@H]2NC(C)=O)[C@@H](CO)O[C@H]1O. The van der Waals surface area contributed by atoms with Crippen LogP contribution in [0.2, 0.25) is 0 Å². The van der Waals surface area contributed by atoms with Crippen LogP contribution in [0.1, 0.15) is 13.8 Å². The summed E-state index contributed by atoms with van der Waals surface area (Å²) < 4.78 is 111. The van der Waals surface area contributed by atoms with E-state index in [2.05, 4.69) is 10.6 Å². The summed E-state index contributed by atoms with van der Waals surface area (Å²) in [5.74, 6) is -1.78. The molecule has 0 saturated carbocycles. The van der Waals surface area contributed by atoms with E-state index < -0.39 is 385 Å². The maximum atomic E-state index is 13.0. The van der Waals surface area contributed by atoms with Crippen LogP contribution < -0.4 is 10.6 Å². The molecular weight excluding hydrogens is 1610 g/mol. The Bertz CT molecular complexity index is 3050. The first-order chi connectivity index (χ1) is 55.4. The van der Waals surface area contributed by atoms with E-state index in [0.717, 1.165) is 13.8 Å². The number of amides is 2. The molecule has 680 valence electrons. The highest BCUT2D eigenvalue weighted by molar-refractivity contribution is 5.73. The summed E-state index contributed by atoms with van der Waals surface area (Å²) in [4.78, 5) is 25.2. The Hall–Kier alpha value is -3.02. The van der Waals surface area contributed by atoms with Crippen molar-refractivity contribution < 1.29 is 253 Å². The largest absolute Gasteiger partial charge is 0.394 e. The third-order valence-electron chi connectivity index (χ3n) is 21.7. The zero-order chi connectivity index (χ0) is 85.9. The molecule has 10 saturated heterocycles. The fraction of sp³-hybridized carbons (Fsp3) is 0.969. The molecule has 0 aromatic rings. The van der Waals surface area contributed by atoms with Crippen molar-refractivity contribution in [2.24, 2.45) is 0 Å². The highest BCUT2D eigenvalue weighted by Gasteiger charge is 2.62. The molecule has 10 aliphatic heterocycles. The topological polar surface area (TPSA) is 840 Å². The zero-order valence-corrected chi connectivity index (χ0v) is 61.9. The summed E-state index contributed by atoms with van der Waals surface area (Å²) in [6, 6.07) is -3.64. The Labute approximate surface area is 660 Å². The molecule has 0 aromatic heterocycles. The van der Waals surface area contributed by atoms with E-state index in [1.165, 1.54) is 0 Å². The van der Waals surface area contributed by atoms with Crippen LogP contribution in [0, 0.1) is 0 Å². The number of rotatable bonds is 30. The van der Waals surface area contributed by atoms with Gasteiger partial charge in [-0.15, -0.1) is 0 Å². The highest BCUT2D eigenvalue weighted by atomic mass is 16.8. The van der Waals surface area contributed by atoms with Gasteiger partial charge in [-0.1, -0.05) is 0 Å². The Kier molecular flexibility index (Phi) is 34.4. The molecule has 10 aliphatic rings. The molecule has 10 fully saturated rings. The van der Waals surface area contributed by atoms with Crippen molar-refractivity contribution >= 4 is 11.8 Å². The van der Waals surface area contributed by atoms with Crippen LogP contribution >= 0.6 is 0 Å². The number of hydrogen-bond donors (Lipinski definition) is 32. The minimum absolute atomic E-state index is 0.806. The molecule has 0 bridgehead atoms. The summed E-state index contributed by atoms with van der Waals surface area (Å²) in [5, 5.41) is 337. The normalized spacial score (nSPS) is 51.5. The molecular formula is C64H108N2O51. The minimum Gasteiger partial charge on any atom is -0.394 e. The van der Waals surface area contributed by atoms with Crippen LogP contribution in [0.25, 0.3) is 0 Å². The van der Waals surface area contributed by atoms with Crippen molar-refractivity contribution in [2.75, 3.05) is 66.1 Å². The Balaban J connectivity index is 1.01. The van der Waals surface area contributed by atoms with Gasteiger partial charge in [0.05, 0.1) is 66.1 Å². The monoisotopic (exact) mass is 1720 g/mol. The van der Waals surface area contributed by atoms with Crippen LogP contribution in [0.4, 0.5) is 0 Å². The predicted octanol–water partition coefficient (Wildman–Crippen LogP) is -22.5. The fourth-order valence-corrected chi connectivity index (χ4v) is 15.0. The van der Waals surface area contributed by atoms with Gasteiger partial charge in [0.1, 0.15) is 244 Å². The van der Waals surface area contributed by atoms with Crippen molar-refractivity contribution in [2.45, 2.75) is 321 Å². The second-order valence-electron chi connectivity index (χ2n) is 29.5. The molecule has 50 atom stereocenters. The van der Waals surface area contributed by atoms with Crippen LogP contribution in [0.5, 0.6) is 0 Å². The number of aliphatic hydroxyl groups is 30. The lowest BCUT2D eigenvalue weighted by atomic mass is 9.94.